The second kappa shape index (κ2) is 5.87. The highest BCUT2D eigenvalue weighted by atomic mass is 16.5. The lowest BCUT2D eigenvalue weighted by Gasteiger charge is -2.23. The third-order valence-corrected chi connectivity index (χ3v) is 3.55. The predicted molar refractivity (Wildman–Crippen MR) is 74.6 cm³/mol. The molecule has 1 aliphatic heterocycles. The van der Waals surface area contributed by atoms with Crippen molar-refractivity contribution in [3.05, 3.63) is 23.3 Å². The molecule has 0 amide bonds. The number of hydrogen-bond acceptors (Lipinski definition) is 5. The van der Waals surface area contributed by atoms with E-state index in [-0.39, 0.29) is 11.9 Å². The number of rotatable bonds is 4. The summed E-state index contributed by atoms with van der Waals surface area (Å²) in [5, 5.41) is 0. The van der Waals surface area contributed by atoms with Crippen LogP contribution in [0.5, 0.6) is 0 Å². The lowest BCUT2D eigenvalue weighted by molar-refractivity contribution is 0.00894. The van der Waals surface area contributed by atoms with Gasteiger partial charge in [-0.2, -0.15) is 0 Å². The maximum Gasteiger partial charge on any atom is 0.341 e. The summed E-state index contributed by atoms with van der Waals surface area (Å²) in [7, 11) is 0. The minimum absolute atomic E-state index is 0.126. The molecule has 0 radical (unpaired) electrons. The Kier molecular flexibility index (Phi) is 4.38. The smallest absolute Gasteiger partial charge is 0.341 e. The minimum Gasteiger partial charge on any atom is -0.462 e. The van der Waals surface area contributed by atoms with E-state index in [9.17, 15) is 4.79 Å². The summed E-state index contributed by atoms with van der Waals surface area (Å²) in [5.74, 6) is 0.424. The van der Waals surface area contributed by atoms with Crippen LogP contribution in [0.4, 0.5) is 0 Å². The summed E-state index contributed by atoms with van der Waals surface area (Å²) in [6, 6.07) is 0. The molecule has 0 spiro atoms. The number of ether oxygens (including phenoxy) is 2. The van der Waals surface area contributed by atoms with Gasteiger partial charge in [-0.1, -0.05) is 13.8 Å². The van der Waals surface area contributed by atoms with E-state index in [1.807, 2.05) is 20.8 Å². The molecule has 1 saturated heterocycles. The fourth-order valence-electron chi connectivity index (χ4n) is 2.41. The number of hydrogen-bond donors (Lipinski definition) is 0. The van der Waals surface area contributed by atoms with E-state index in [1.54, 1.807) is 13.1 Å². The summed E-state index contributed by atoms with van der Waals surface area (Å²) < 4.78 is 10.8. The first-order chi connectivity index (χ1) is 9.48. The summed E-state index contributed by atoms with van der Waals surface area (Å²) in [6.45, 7) is 8.88. The van der Waals surface area contributed by atoms with Gasteiger partial charge in [0.25, 0.3) is 0 Å². The number of carbonyl (C=O) groups is 1. The van der Waals surface area contributed by atoms with E-state index in [0.717, 1.165) is 25.1 Å². The van der Waals surface area contributed by atoms with Gasteiger partial charge < -0.3 is 9.47 Å². The first-order valence-corrected chi connectivity index (χ1v) is 7.16. The van der Waals surface area contributed by atoms with Crippen molar-refractivity contribution in [2.45, 2.75) is 52.1 Å². The average molecular weight is 278 g/mol. The molecule has 0 bridgehead atoms. The van der Waals surface area contributed by atoms with E-state index in [1.165, 1.54) is 0 Å². The summed E-state index contributed by atoms with van der Waals surface area (Å²) in [6.07, 6.45) is 3.49. The summed E-state index contributed by atoms with van der Waals surface area (Å²) >= 11 is 0. The normalized spacial score (nSPS) is 22.2. The van der Waals surface area contributed by atoms with Crippen LogP contribution >= 0.6 is 0 Å². The van der Waals surface area contributed by atoms with Crippen molar-refractivity contribution in [1.29, 1.82) is 0 Å². The number of esters is 1. The van der Waals surface area contributed by atoms with Crippen molar-refractivity contribution in [2.24, 2.45) is 0 Å². The highest BCUT2D eigenvalue weighted by Crippen LogP contribution is 2.34. The highest BCUT2D eigenvalue weighted by molar-refractivity contribution is 5.90. The maximum absolute atomic E-state index is 11.9. The molecule has 0 aliphatic carbocycles. The lowest BCUT2D eigenvalue weighted by atomic mass is 10.00. The second-order valence-electron chi connectivity index (χ2n) is 5.55. The quantitative estimate of drug-likeness (QED) is 0.792. The fraction of sp³-hybridized carbons (Fsp3) is 0.667. The maximum atomic E-state index is 11.9. The monoisotopic (exact) mass is 278 g/mol. The van der Waals surface area contributed by atoms with Crippen LogP contribution in [-0.2, 0) is 15.1 Å². The third-order valence-electron chi connectivity index (χ3n) is 3.55. The van der Waals surface area contributed by atoms with Crippen LogP contribution in [0.2, 0.25) is 0 Å². The number of carbonyl (C=O) groups excluding carboxylic acids is 1. The molecule has 0 N–H and O–H groups in total. The molecule has 20 heavy (non-hydrogen) atoms. The van der Waals surface area contributed by atoms with Gasteiger partial charge >= 0.3 is 5.97 Å². The van der Waals surface area contributed by atoms with Crippen LogP contribution in [0.15, 0.2) is 6.20 Å². The van der Waals surface area contributed by atoms with Gasteiger partial charge in [0, 0.05) is 12.8 Å². The standard InChI is InChI=1S/C15H22N2O3/c1-5-19-13(18)11-9-16-14(17-12(11)10(2)3)15(4)7-6-8-20-15/h9-10H,5-8H2,1-4H3. The zero-order valence-corrected chi connectivity index (χ0v) is 12.6. The molecule has 1 aliphatic rings. The average Bonchev–Trinajstić information content (AvgIpc) is 2.86. The third kappa shape index (κ3) is 2.82. The highest BCUT2D eigenvalue weighted by Gasteiger charge is 2.35. The Hall–Kier alpha value is -1.49. The first kappa shape index (κ1) is 14.9. The largest absolute Gasteiger partial charge is 0.462 e. The zero-order chi connectivity index (χ0) is 14.8. The molecule has 1 unspecified atom stereocenters. The van der Waals surface area contributed by atoms with E-state index in [2.05, 4.69) is 9.97 Å². The SMILES string of the molecule is CCOC(=O)c1cnc(C2(C)CCCO2)nc1C(C)C. The Morgan fingerprint density at radius 3 is 2.85 bits per heavy atom. The molecular formula is C15H22N2O3. The van der Waals surface area contributed by atoms with Crippen LogP contribution in [0, 0.1) is 0 Å². The van der Waals surface area contributed by atoms with Crippen molar-refractivity contribution in [1.82, 2.24) is 9.97 Å². The molecule has 110 valence electrons. The lowest BCUT2D eigenvalue weighted by Crippen LogP contribution is -2.25. The van der Waals surface area contributed by atoms with Gasteiger partial charge in [0.15, 0.2) is 5.82 Å². The van der Waals surface area contributed by atoms with Crippen LogP contribution in [0.3, 0.4) is 0 Å². The van der Waals surface area contributed by atoms with Crippen LogP contribution in [0.1, 0.15) is 68.3 Å². The van der Waals surface area contributed by atoms with Gasteiger partial charge in [-0.3, -0.25) is 0 Å². The van der Waals surface area contributed by atoms with Crippen LogP contribution in [-0.4, -0.2) is 29.2 Å². The van der Waals surface area contributed by atoms with E-state index >= 15 is 0 Å². The molecule has 5 nitrogen and oxygen atoms in total. The minimum atomic E-state index is -0.434. The molecule has 1 fully saturated rings. The van der Waals surface area contributed by atoms with Gasteiger partial charge in [-0.15, -0.1) is 0 Å². The molecule has 0 saturated carbocycles. The molecule has 1 atom stereocenters. The summed E-state index contributed by atoms with van der Waals surface area (Å²) in [4.78, 5) is 20.9. The van der Waals surface area contributed by atoms with Crippen LogP contribution < -0.4 is 0 Å². The van der Waals surface area contributed by atoms with Crippen molar-refractivity contribution in [3.63, 3.8) is 0 Å². The number of aromatic nitrogens is 2. The first-order valence-electron chi connectivity index (χ1n) is 7.16. The molecular weight excluding hydrogens is 256 g/mol. The molecule has 1 aromatic rings. The molecule has 2 rings (SSSR count). The Morgan fingerprint density at radius 1 is 1.55 bits per heavy atom. The molecule has 5 heteroatoms. The Balaban J connectivity index is 2.39. The Morgan fingerprint density at radius 2 is 2.30 bits per heavy atom. The van der Waals surface area contributed by atoms with Crippen molar-refractivity contribution in [2.75, 3.05) is 13.2 Å². The zero-order valence-electron chi connectivity index (χ0n) is 12.6. The number of nitrogens with zero attached hydrogens (tertiary/aromatic N) is 2. The van der Waals surface area contributed by atoms with E-state index in [4.69, 9.17) is 9.47 Å². The van der Waals surface area contributed by atoms with Gasteiger partial charge in [-0.25, -0.2) is 14.8 Å². The molecule has 2 heterocycles. The predicted octanol–water partition coefficient (Wildman–Crippen LogP) is 2.80. The van der Waals surface area contributed by atoms with E-state index < -0.39 is 5.60 Å². The molecule has 0 aromatic carbocycles. The van der Waals surface area contributed by atoms with Crippen molar-refractivity contribution < 1.29 is 14.3 Å². The Labute approximate surface area is 119 Å². The van der Waals surface area contributed by atoms with Crippen molar-refractivity contribution >= 4 is 5.97 Å². The van der Waals surface area contributed by atoms with Gasteiger partial charge in [-0.05, 0) is 32.6 Å². The van der Waals surface area contributed by atoms with Crippen LogP contribution in [0.25, 0.3) is 0 Å². The Bertz CT molecular complexity index is 494. The topological polar surface area (TPSA) is 61.3 Å². The fourth-order valence-corrected chi connectivity index (χ4v) is 2.41. The van der Waals surface area contributed by atoms with Crippen molar-refractivity contribution in [3.8, 4) is 0 Å². The van der Waals surface area contributed by atoms with Gasteiger partial charge in [0.05, 0.1) is 17.9 Å². The molecule has 1 aromatic heterocycles. The van der Waals surface area contributed by atoms with E-state index in [0.29, 0.717) is 18.0 Å². The second-order valence-corrected chi connectivity index (χ2v) is 5.55. The summed E-state index contributed by atoms with van der Waals surface area (Å²) in [5.41, 5.74) is 0.744. The van der Waals surface area contributed by atoms with Gasteiger partial charge in [0.1, 0.15) is 5.60 Å². The van der Waals surface area contributed by atoms with Gasteiger partial charge in [0.2, 0.25) is 0 Å².